The Labute approximate surface area is 169 Å². The van der Waals surface area contributed by atoms with E-state index in [0.29, 0.717) is 24.7 Å². The van der Waals surface area contributed by atoms with Gasteiger partial charge in [0.25, 0.3) is 0 Å². The molecule has 1 N–H and O–H groups in total. The SMILES string of the molecule is Cc1cccc(-c2noc([C@@H]3Cc4nc[nH]c4CN3C(=O)C3CCCCC3)n2)c1. The maximum atomic E-state index is 13.4. The van der Waals surface area contributed by atoms with Gasteiger partial charge in [0.2, 0.25) is 17.6 Å². The molecule has 1 aliphatic carbocycles. The van der Waals surface area contributed by atoms with Crippen LogP contribution in [0.2, 0.25) is 0 Å². The van der Waals surface area contributed by atoms with E-state index in [1.807, 2.05) is 36.1 Å². The lowest BCUT2D eigenvalue weighted by molar-refractivity contribution is -0.141. The van der Waals surface area contributed by atoms with Crippen molar-refractivity contribution in [3.05, 3.63) is 53.4 Å². The normalized spacial score (nSPS) is 19.9. The second kappa shape index (κ2) is 7.46. The molecule has 1 aliphatic heterocycles. The zero-order valence-corrected chi connectivity index (χ0v) is 16.6. The van der Waals surface area contributed by atoms with Crippen LogP contribution in [0, 0.1) is 12.8 Å². The molecule has 150 valence electrons. The van der Waals surface area contributed by atoms with E-state index < -0.39 is 0 Å². The predicted octanol–water partition coefficient (Wildman–Crippen LogP) is 3.97. The fourth-order valence-corrected chi connectivity index (χ4v) is 4.54. The number of imidazole rings is 1. The topological polar surface area (TPSA) is 87.9 Å². The zero-order valence-electron chi connectivity index (χ0n) is 16.6. The molecule has 1 fully saturated rings. The third-order valence-electron chi connectivity index (χ3n) is 6.14. The van der Waals surface area contributed by atoms with E-state index in [2.05, 4.69) is 20.1 Å². The second-order valence-electron chi connectivity index (χ2n) is 8.17. The summed E-state index contributed by atoms with van der Waals surface area (Å²) < 4.78 is 5.66. The fraction of sp³-hybridized carbons (Fsp3) is 0.455. The quantitative estimate of drug-likeness (QED) is 0.730. The lowest BCUT2D eigenvalue weighted by Crippen LogP contribution is -2.42. The molecule has 3 heterocycles. The van der Waals surface area contributed by atoms with Crippen LogP contribution < -0.4 is 0 Å². The average molecular weight is 391 g/mol. The maximum absolute atomic E-state index is 13.4. The number of carbonyl (C=O) groups is 1. The first kappa shape index (κ1) is 18.1. The van der Waals surface area contributed by atoms with Gasteiger partial charge in [-0.1, -0.05) is 48.2 Å². The van der Waals surface area contributed by atoms with Crippen molar-refractivity contribution in [3.63, 3.8) is 0 Å². The number of H-pyrrole nitrogens is 1. The van der Waals surface area contributed by atoms with Crippen LogP contribution in [-0.2, 0) is 17.8 Å². The van der Waals surface area contributed by atoms with Gasteiger partial charge in [0.05, 0.1) is 24.3 Å². The molecule has 5 rings (SSSR count). The lowest BCUT2D eigenvalue weighted by atomic mass is 9.87. The van der Waals surface area contributed by atoms with E-state index in [9.17, 15) is 4.79 Å². The van der Waals surface area contributed by atoms with Gasteiger partial charge in [0, 0.05) is 17.9 Å². The molecule has 1 aromatic carbocycles. The predicted molar refractivity (Wildman–Crippen MR) is 107 cm³/mol. The fourth-order valence-electron chi connectivity index (χ4n) is 4.54. The van der Waals surface area contributed by atoms with Gasteiger partial charge in [-0.05, 0) is 25.8 Å². The van der Waals surface area contributed by atoms with E-state index >= 15 is 0 Å². The first-order chi connectivity index (χ1) is 14.2. The van der Waals surface area contributed by atoms with E-state index in [1.165, 1.54) is 6.42 Å². The molecule has 7 nitrogen and oxygen atoms in total. The number of fused-ring (bicyclic) bond motifs is 1. The Morgan fingerprint density at radius 3 is 2.93 bits per heavy atom. The summed E-state index contributed by atoms with van der Waals surface area (Å²) in [5, 5.41) is 4.20. The van der Waals surface area contributed by atoms with E-state index in [-0.39, 0.29) is 17.9 Å². The van der Waals surface area contributed by atoms with Crippen molar-refractivity contribution in [2.45, 2.75) is 58.0 Å². The third-order valence-corrected chi connectivity index (χ3v) is 6.14. The van der Waals surface area contributed by atoms with Crippen molar-refractivity contribution in [3.8, 4) is 11.4 Å². The van der Waals surface area contributed by atoms with Crippen LogP contribution in [0.3, 0.4) is 0 Å². The summed E-state index contributed by atoms with van der Waals surface area (Å²) in [5.74, 6) is 1.33. The van der Waals surface area contributed by atoms with Crippen LogP contribution in [0.5, 0.6) is 0 Å². The Kier molecular flexibility index (Phi) is 4.66. The smallest absolute Gasteiger partial charge is 0.250 e. The van der Waals surface area contributed by atoms with Gasteiger partial charge >= 0.3 is 0 Å². The van der Waals surface area contributed by atoms with Crippen molar-refractivity contribution in [2.75, 3.05) is 0 Å². The van der Waals surface area contributed by atoms with Crippen LogP contribution in [0.4, 0.5) is 0 Å². The minimum atomic E-state index is -0.272. The zero-order chi connectivity index (χ0) is 19.8. The summed E-state index contributed by atoms with van der Waals surface area (Å²) >= 11 is 0. The standard InChI is InChI=1S/C22H25N5O2/c1-14-6-5-9-16(10-14)20-25-21(29-26-20)19-11-17-18(24-13-23-17)12-27(19)22(28)15-7-3-2-4-8-15/h5-6,9-10,13,15,19H,2-4,7-8,11-12H2,1H3,(H,23,24)/t19-/m0/s1. The molecular weight excluding hydrogens is 366 g/mol. The van der Waals surface area contributed by atoms with Crippen LogP contribution in [0.1, 0.15) is 61.0 Å². The van der Waals surface area contributed by atoms with Crippen molar-refractivity contribution in [1.82, 2.24) is 25.0 Å². The summed E-state index contributed by atoms with van der Waals surface area (Å²) in [5.41, 5.74) is 4.03. The molecule has 1 amide bonds. The molecule has 1 atom stereocenters. The number of hydrogen-bond acceptors (Lipinski definition) is 5. The third kappa shape index (κ3) is 3.45. The Morgan fingerprint density at radius 2 is 2.10 bits per heavy atom. The molecule has 7 heteroatoms. The number of rotatable bonds is 3. The molecule has 0 saturated heterocycles. The van der Waals surface area contributed by atoms with Gasteiger partial charge in [-0.25, -0.2) is 4.98 Å². The number of nitrogens with zero attached hydrogens (tertiary/aromatic N) is 4. The molecule has 0 spiro atoms. The van der Waals surface area contributed by atoms with E-state index in [0.717, 1.165) is 48.2 Å². The summed E-state index contributed by atoms with van der Waals surface area (Å²) in [7, 11) is 0. The molecule has 0 bridgehead atoms. The number of benzene rings is 1. The molecule has 2 aliphatic rings. The minimum absolute atomic E-state index is 0.0925. The Morgan fingerprint density at radius 1 is 1.24 bits per heavy atom. The van der Waals surface area contributed by atoms with Gasteiger partial charge in [-0.3, -0.25) is 4.79 Å². The maximum Gasteiger partial charge on any atom is 0.250 e. The number of hydrogen-bond donors (Lipinski definition) is 1. The summed E-state index contributed by atoms with van der Waals surface area (Å²) in [6, 6.07) is 7.75. The highest BCUT2D eigenvalue weighted by Gasteiger charge is 2.38. The Hall–Kier alpha value is -2.96. The first-order valence-electron chi connectivity index (χ1n) is 10.4. The van der Waals surface area contributed by atoms with Gasteiger partial charge < -0.3 is 14.4 Å². The van der Waals surface area contributed by atoms with Crippen LogP contribution in [0.15, 0.2) is 35.1 Å². The molecule has 0 radical (unpaired) electrons. The minimum Gasteiger partial charge on any atom is -0.347 e. The van der Waals surface area contributed by atoms with Crippen LogP contribution in [0.25, 0.3) is 11.4 Å². The monoisotopic (exact) mass is 391 g/mol. The van der Waals surface area contributed by atoms with Crippen molar-refractivity contribution in [1.29, 1.82) is 0 Å². The Bertz CT molecular complexity index is 1020. The summed E-state index contributed by atoms with van der Waals surface area (Å²) in [6.07, 6.45) is 7.70. The summed E-state index contributed by atoms with van der Waals surface area (Å²) in [6.45, 7) is 2.55. The molecular formula is C22H25N5O2. The van der Waals surface area contributed by atoms with Gasteiger partial charge in [0.15, 0.2) is 0 Å². The highest BCUT2D eigenvalue weighted by Crippen LogP contribution is 2.35. The van der Waals surface area contributed by atoms with Gasteiger partial charge in [-0.15, -0.1) is 0 Å². The van der Waals surface area contributed by atoms with Gasteiger partial charge in [-0.2, -0.15) is 4.98 Å². The van der Waals surface area contributed by atoms with Crippen molar-refractivity contribution in [2.24, 2.45) is 5.92 Å². The van der Waals surface area contributed by atoms with Crippen molar-refractivity contribution < 1.29 is 9.32 Å². The summed E-state index contributed by atoms with van der Waals surface area (Å²) in [4.78, 5) is 27.6. The molecule has 3 aromatic rings. The largest absolute Gasteiger partial charge is 0.347 e. The number of carbonyl (C=O) groups excluding carboxylic acids is 1. The molecule has 2 aromatic heterocycles. The Balaban J connectivity index is 1.47. The van der Waals surface area contributed by atoms with E-state index in [1.54, 1.807) is 6.33 Å². The molecule has 0 unspecified atom stereocenters. The second-order valence-corrected chi connectivity index (χ2v) is 8.17. The average Bonchev–Trinajstić information content (AvgIpc) is 3.42. The first-order valence-corrected chi connectivity index (χ1v) is 10.4. The molecule has 29 heavy (non-hydrogen) atoms. The number of aromatic amines is 1. The van der Waals surface area contributed by atoms with Crippen molar-refractivity contribution >= 4 is 5.91 Å². The highest BCUT2D eigenvalue weighted by atomic mass is 16.5. The molecule has 1 saturated carbocycles. The van der Waals surface area contributed by atoms with Crippen LogP contribution >= 0.6 is 0 Å². The lowest BCUT2D eigenvalue weighted by Gasteiger charge is -2.36. The van der Waals surface area contributed by atoms with E-state index in [4.69, 9.17) is 4.52 Å². The number of aryl methyl sites for hydroxylation is 1. The number of nitrogens with one attached hydrogen (secondary N) is 1. The number of amides is 1. The van der Waals surface area contributed by atoms with Crippen LogP contribution in [-0.4, -0.2) is 30.9 Å². The number of aromatic nitrogens is 4. The van der Waals surface area contributed by atoms with Gasteiger partial charge in [0.1, 0.15) is 6.04 Å². The highest BCUT2D eigenvalue weighted by molar-refractivity contribution is 5.79.